The summed E-state index contributed by atoms with van der Waals surface area (Å²) in [6, 6.07) is 3.60. The molecule has 1 fully saturated rings. The maximum Gasteiger partial charge on any atom is 0.118 e. The summed E-state index contributed by atoms with van der Waals surface area (Å²) in [6.07, 6.45) is 8.30. The van der Waals surface area contributed by atoms with Crippen molar-refractivity contribution in [2.24, 2.45) is 0 Å². The van der Waals surface area contributed by atoms with Crippen LogP contribution in [0.4, 0.5) is 0 Å². The summed E-state index contributed by atoms with van der Waals surface area (Å²) < 4.78 is 5.74. The van der Waals surface area contributed by atoms with E-state index in [4.69, 9.17) is 4.42 Å². The minimum absolute atomic E-state index is 0.625. The van der Waals surface area contributed by atoms with Gasteiger partial charge in [0.05, 0.1) is 12.8 Å². The molecule has 0 spiro atoms. The Morgan fingerprint density at radius 1 is 1.40 bits per heavy atom. The number of nitrogens with zero attached hydrogens (tertiary/aromatic N) is 1. The van der Waals surface area contributed by atoms with Crippen molar-refractivity contribution in [1.29, 1.82) is 0 Å². The van der Waals surface area contributed by atoms with E-state index in [2.05, 4.69) is 37.1 Å². The highest BCUT2D eigenvalue weighted by Crippen LogP contribution is 2.20. The molecule has 20 heavy (non-hydrogen) atoms. The monoisotopic (exact) mass is 278 g/mol. The average Bonchev–Trinajstić information content (AvgIpc) is 3.19. The zero-order valence-electron chi connectivity index (χ0n) is 13.3. The van der Waals surface area contributed by atoms with Crippen molar-refractivity contribution in [3.05, 3.63) is 23.7 Å². The molecule has 1 heterocycles. The fraction of sp³-hybridized carbons (Fsp3) is 0.765. The number of hydrogen-bond donors (Lipinski definition) is 1. The van der Waals surface area contributed by atoms with Crippen molar-refractivity contribution in [2.45, 2.75) is 78.0 Å². The van der Waals surface area contributed by atoms with Crippen LogP contribution in [0, 0.1) is 0 Å². The molecule has 1 N–H and O–H groups in total. The van der Waals surface area contributed by atoms with Crippen LogP contribution in [0.1, 0.15) is 64.2 Å². The molecule has 0 aliphatic heterocycles. The lowest BCUT2D eigenvalue weighted by Crippen LogP contribution is -2.32. The summed E-state index contributed by atoms with van der Waals surface area (Å²) in [5, 5.41) is 3.53. The van der Waals surface area contributed by atoms with Gasteiger partial charge in [-0.1, -0.05) is 20.3 Å². The third-order valence-corrected chi connectivity index (χ3v) is 4.25. The molecule has 2 rings (SSSR count). The first-order valence-electron chi connectivity index (χ1n) is 8.26. The number of rotatable bonds is 10. The molecule has 1 atom stereocenters. The van der Waals surface area contributed by atoms with Crippen molar-refractivity contribution in [3.8, 4) is 0 Å². The lowest BCUT2D eigenvalue weighted by Gasteiger charge is -2.27. The highest BCUT2D eigenvalue weighted by atomic mass is 16.3. The third kappa shape index (κ3) is 4.95. The van der Waals surface area contributed by atoms with Crippen LogP contribution in [0.3, 0.4) is 0 Å². The molecule has 1 aliphatic carbocycles. The SMILES string of the molecule is CCCCN(Cc1cc(CNC2CC2)co1)C(C)CC. The first-order valence-corrected chi connectivity index (χ1v) is 8.26. The predicted molar refractivity (Wildman–Crippen MR) is 83.6 cm³/mol. The topological polar surface area (TPSA) is 28.4 Å². The van der Waals surface area contributed by atoms with Gasteiger partial charge in [0.15, 0.2) is 0 Å². The molecule has 0 saturated heterocycles. The highest BCUT2D eigenvalue weighted by Gasteiger charge is 2.20. The molecular formula is C17H30N2O. The summed E-state index contributed by atoms with van der Waals surface area (Å²) >= 11 is 0. The summed E-state index contributed by atoms with van der Waals surface area (Å²) in [5.41, 5.74) is 1.28. The molecule has 1 unspecified atom stereocenters. The molecule has 0 bridgehead atoms. The Morgan fingerprint density at radius 2 is 2.20 bits per heavy atom. The van der Waals surface area contributed by atoms with Gasteiger partial charge in [-0.25, -0.2) is 0 Å². The van der Waals surface area contributed by atoms with Gasteiger partial charge in [-0.15, -0.1) is 0 Å². The normalized spacial score (nSPS) is 16.8. The van der Waals surface area contributed by atoms with Crippen molar-refractivity contribution in [2.75, 3.05) is 6.54 Å². The molecular weight excluding hydrogens is 248 g/mol. The third-order valence-electron chi connectivity index (χ3n) is 4.25. The Morgan fingerprint density at radius 3 is 2.85 bits per heavy atom. The van der Waals surface area contributed by atoms with E-state index in [9.17, 15) is 0 Å². The van der Waals surface area contributed by atoms with Crippen LogP contribution in [-0.4, -0.2) is 23.5 Å². The molecule has 0 amide bonds. The van der Waals surface area contributed by atoms with E-state index in [1.165, 1.54) is 44.2 Å². The zero-order valence-corrected chi connectivity index (χ0v) is 13.3. The van der Waals surface area contributed by atoms with Crippen LogP contribution < -0.4 is 5.32 Å². The van der Waals surface area contributed by atoms with E-state index >= 15 is 0 Å². The van der Waals surface area contributed by atoms with Crippen molar-refractivity contribution < 1.29 is 4.42 Å². The van der Waals surface area contributed by atoms with Crippen LogP contribution in [0.25, 0.3) is 0 Å². The molecule has 1 aromatic heterocycles. The first-order chi connectivity index (χ1) is 9.72. The summed E-state index contributed by atoms with van der Waals surface area (Å²) in [6.45, 7) is 9.89. The van der Waals surface area contributed by atoms with Gasteiger partial charge in [-0.2, -0.15) is 0 Å². The number of hydrogen-bond acceptors (Lipinski definition) is 3. The van der Waals surface area contributed by atoms with Gasteiger partial charge in [0.25, 0.3) is 0 Å². The van der Waals surface area contributed by atoms with E-state index in [-0.39, 0.29) is 0 Å². The lowest BCUT2D eigenvalue weighted by molar-refractivity contribution is 0.178. The van der Waals surface area contributed by atoms with Crippen molar-refractivity contribution >= 4 is 0 Å². The number of nitrogens with one attached hydrogen (secondary N) is 1. The van der Waals surface area contributed by atoms with Gasteiger partial charge in [0, 0.05) is 24.2 Å². The predicted octanol–water partition coefficient (Wildman–Crippen LogP) is 3.93. The zero-order chi connectivity index (χ0) is 14.4. The van der Waals surface area contributed by atoms with E-state index in [0.29, 0.717) is 6.04 Å². The lowest BCUT2D eigenvalue weighted by atomic mass is 10.2. The minimum Gasteiger partial charge on any atom is -0.468 e. The Hall–Kier alpha value is -0.800. The molecule has 3 heteroatoms. The van der Waals surface area contributed by atoms with E-state index in [1.54, 1.807) is 0 Å². The second-order valence-corrected chi connectivity index (χ2v) is 6.16. The molecule has 1 saturated carbocycles. The van der Waals surface area contributed by atoms with Gasteiger partial charge < -0.3 is 9.73 Å². The fourth-order valence-corrected chi connectivity index (χ4v) is 2.43. The van der Waals surface area contributed by atoms with Gasteiger partial charge in [0.2, 0.25) is 0 Å². The van der Waals surface area contributed by atoms with Crippen LogP contribution in [0.15, 0.2) is 16.7 Å². The average molecular weight is 278 g/mol. The summed E-state index contributed by atoms with van der Waals surface area (Å²) in [4.78, 5) is 2.54. The Balaban J connectivity index is 1.84. The van der Waals surface area contributed by atoms with Gasteiger partial charge in [-0.05, 0) is 45.2 Å². The maximum absolute atomic E-state index is 5.74. The van der Waals surface area contributed by atoms with Gasteiger partial charge in [0.1, 0.15) is 5.76 Å². The first kappa shape index (κ1) is 15.6. The minimum atomic E-state index is 0.625. The number of furan rings is 1. The summed E-state index contributed by atoms with van der Waals surface area (Å²) in [7, 11) is 0. The van der Waals surface area contributed by atoms with Crippen molar-refractivity contribution in [1.82, 2.24) is 10.2 Å². The molecule has 0 radical (unpaired) electrons. The Labute approximate surface area is 123 Å². The molecule has 1 aromatic rings. The quantitative estimate of drug-likeness (QED) is 0.703. The van der Waals surface area contributed by atoms with E-state index in [1.807, 2.05) is 6.26 Å². The standard InChI is InChI=1S/C17H30N2O/c1-4-6-9-19(14(3)5-2)12-17-10-15(13-20-17)11-18-16-7-8-16/h10,13-14,16,18H,4-9,11-12H2,1-3H3. The van der Waals surface area contributed by atoms with Crippen LogP contribution >= 0.6 is 0 Å². The molecule has 1 aliphatic rings. The summed E-state index contributed by atoms with van der Waals surface area (Å²) in [5.74, 6) is 1.11. The van der Waals surface area contributed by atoms with Gasteiger partial charge >= 0.3 is 0 Å². The largest absolute Gasteiger partial charge is 0.468 e. The van der Waals surface area contributed by atoms with Crippen molar-refractivity contribution in [3.63, 3.8) is 0 Å². The van der Waals surface area contributed by atoms with E-state index in [0.717, 1.165) is 24.9 Å². The van der Waals surface area contributed by atoms with Crippen LogP contribution in [-0.2, 0) is 13.1 Å². The van der Waals surface area contributed by atoms with Crippen LogP contribution in [0.2, 0.25) is 0 Å². The highest BCUT2D eigenvalue weighted by molar-refractivity contribution is 5.13. The smallest absolute Gasteiger partial charge is 0.118 e. The second kappa shape index (κ2) is 7.84. The Bertz CT molecular complexity index is 384. The van der Waals surface area contributed by atoms with Gasteiger partial charge in [-0.3, -0.25) is 4.90 Å². The molecule has 0 aromatic carbocycles. The van der Waals surface area contributed by atoms with E-state index < -0.39 is 0 Å². The second-order valence-electron chi connectivity index (χ2n) is 6.16. The molecule has 3 nitrogen and oxygen atoms in total. The number of unbranched alkanes of at least 4 members (excludes halogenated alkanes) is 1. The maximum atomic E-state index is 5.74. The Kier molecular flexibility index (Phi) is 6.11. The van der Waals surface area contributed by atoms with Crippen LogP contribution in [0.5, 0.6) is 0 Å². The fourth-order valence-electron chi connectivity index (χ4n) is 2.43. The molecule has 114 valence electrons.